The highest BCUT2D eigenvalue weighted by Gasteiger charge is 2.43. The van der Waals surface area contributed by atoms with Crippen molar-refractivity contribution in [2.45, 2.75) is 124 Å². The molecule has 0 spiro atoms. The molecule has 8 atom stereocenters. The minimum absolute atomic E-state index is 0.00399. The van der Waals surface area contributed by atoms with Crippen LogP contribution in [0.4, 0.5) is 0 Å². The normalized spacial score (nSPS) is 18.9. The summed E-state index contributed by atoms with van der Waals surface area (Å²) >= 11 is 1.51. The number of nitrogens with one attached hydrogen (secondary N) is 2. The third-order valence-electron chi connectivity index (χ3n) is 10.5. The monoisotopic (exact) mass is 741 g/mol. The topological polar surface area (TPSA) is 130 Å². The number of amides is 4. The van der Waals surface area contributed by atoms with E-state index >= 15 is 0 Å². The fraction of sp³-hybridized carbons (Fsp3) is 0.675. The van der Waals surface area contributed by atoms with Gasteiger partial charge in [0.1, 0.15) is 11.0 Å². The summed E-state index contributed by atoms with van der Waals surface area (Å²) in [6.45, 7) is 15.8. The maximum atomic E-state index is 14.2. The first-order chi connectivity index (χ1) is 24.5. The number of carbonyl (C=O) groups excluding carboxylic acids is 4. The van der Waals surface area contributed by atoms with Crippen molar-refractivity contribution >= 4 is 35.0 Å². The predicted octanol–water partition coefficient (Wildman–Crippen LogP) is 5.65. The molecule has 12 heteroatoms. The summed E-state index contributed by atoms with van der Waals surface area (Å²) in [4.78, 5) is 63.0. The highest BCUT2D eigenvalue weighted by Crippen LogP contribution is 2.30. The quantitative estimate of drug-likeness (QED) is 0.202. The van der Waals surface area contributed by atoms with Crippen LogP contribution in [0.1, 0.15) is 97.7 Å². The van der Waals surface area contributed by atoms with E-state index in [1.807, 2.05) is 82.2 Å². The van der Waals surface area contributed by atoms with Gasteiger partial charge in [-0.15, -0.1) is 11.3 Å². The minimum Gasteiger partial charge on any atom is -0.379 e. The Balaban J connectivity index is 1.78. The van der Waals surface area contributed by atoms with Crippen LogP contribution in [0, 0.1) is 23.2 Å². The summed E-state index contributed by atoms with van der Waals surface area (Å²) < 4.78 is 12.0. The molecule has 0 aliphatic carbocycles. The molecule has 2 aromatic rings. The molecule has 2 heterocycles. The Hall–Kier alpha value is -3.35. The average Bonchev–Trinajstić information content (AvgIpc) is 3.83. The molecular formula is C40H63N5O6S. The van der Waals surface area contributed by atoms with Crippen LogP contribution in [-0.4, -0.2) is 96.6 Å². The van der Waals surface area contributed by atoms with Crippen LogP contribution in [-0.2, 0) is 35.1 Å². The number of aromatic nitrogens is 1. The van der Waals surface area contributed by atoms with Gasteiger partial charge in [0.05, 0.1) is 42.7 Å². The van der Waals surface area contributed by atoms with Crippen LogP contribution in [0.2, 0.25) is 0 Å². The van der Waals surface area contributed by atoms with Gasteiger partial charge in [0.25, 0.3) is 0 Å². The molecule has 1 aliphatic heterocycles. The number of benzene rings is 1. The Morgan fingerprint density at radius 1 is 1.04 bits per heavy atom. The van der Waals surface area contributed by atoms with Crippen molar-refractivity contribution in [2.75, 3.05) is 27.8 Å². The number of likely N-dealkylation sites (tertiary alicyclic amines) is 1. The number of ether oxygens (including phenoxy) is 2. The minimum atomic E-state index is -0.725. The van der Waals surface area contributed by atoms with E-state index in [1.165, 1.54) is 11.3 Å². The molecule has 1 saturated heterocycles. The molecule has 0 radical (unpaired) electrons. The molecule has 11 nitrogen and oxygen atoms in total. The molecule has 4 amide bonds. The lowest BCUT2D eigenvalue weighted by Crippen LogP contribution is -2.58. The van der Waals surface area contributed by atoms with Gasteiger partial charge in [0.2, 0.25) is 23.6 Å². The van der Waals surface area contributed by atoms with Gasteiger partial charge in [-0.3, -0.25) is 19.2 Å². The Bertz CT molecular complexity index is 1430. The maximum Gasteiger partial charge on any atom is 0.245 e. The molecule has 1 fully saturated rings. The summed E-state index contributed by atoms with van der Waals surface area (Å²) in [6, 6.07) is 8.26. The first-order valence-corrected chi connectivity index (χ1v) is 19.6. The zero-order chi connectivity index (χ0) is 38.7. The van der Waals surface area contributed by atoms with Crippen LogP contribution >= 0.6 is 11.3 Å². The zero-order valence-electron chi connectivity index (χ0n) is 33.2. The molecular weight excluding hydrogens is 679 g/mol. The third kappa shape index (κ3) is 11.1. The van der Waals surface area contributed by atoms with Crippen LogP contribution < -0.4 is 10.6 Å². The lowest BCUT2D eigenvalue weighted by Gasteiger charge is -2.41. The van der Waals surface area contributed by atoms with E-state index in [0.29, 0.717) is 19.4 Å². The number of thiazole rings is 1. The van der Waals surface area contributed by atoms with Crippen LogP contribution in [0.5, 0.6) is 0 Å². The van der Waals surface area contributed by atoms with Crippen molar-refractivity contribution in [1.29, 1.82) is 0 Å². The first kappa shape index (κ1) is 43.1. The first-order valence-electron chi connectivity index (χ1n) is 18.7. The number of methoxy groups -OCH3 is 2. The van der Waals surface area contributed by atoms with Crippen LogP contribution in [0.25, 0.3) is 0 Å². The fourth-order valence-corrected chi connectivity index (χ4v) is 7.85. The van der Waals surface area contributed by atoms with E-state index in [-0.39, 0.29) is 54.0 Å². The van der Waals surface area contributed by atoms with E-state index in [9.17, 15) is 19.2 Å². The highest BCUT2D eigenvalue weighted by atomic mass is 32.1. The lowest BCUT2D eigenvalue weighted by atomic mass is 9.89. The van der Waals surface area contributed by atoms with Gasteiger partial charge in [-0.05, 0) is 36.7 Å². The maximum absolute atomic E-state index is 14.2. The standard InChI is InChI=1S/C40H63N5O6S/c1-12-26(4)34(44(9)38(48)33(25(2)3)43-39(49)40(6,7)8)31(50-10)24-32(46)45-21-16-19-30(45)35(51-11)27(5)36(47)42-29(37-41-20-22-52-37)23-28-17-14-13-15-18-28/h13-15,17-18,20,22,25-27,29-31,33-35H,12,16,19,21,23-24H2,1-11H3,(H,42,47)(H,43,49)/t26-,27+,29-,30-,31+,33-,34-,35+/m0/s1. The van der Waals surface area contributed by atoms with Gasteiger partial charge in [0.15, 0.2) is 0 Å². The molecule has 0 unspecified atom stereocenters. The SMILES string of the molecule is CC[C@H](C)[C@@H]([C@@H](CC(=O)N1CCC[C@H]1[C@H](OC)[C@@H](C)C(=O)N[C@@H](Cc1ccccc1)c1nccs1)OC)N(C)C(=O)[C@@H](NC(=O)C(C)(C)C)C(C)C. The smallest absolute Gasteiger partial charge is 0.245 e. The Kier molecular flexibility index (Phi) is 16.3. The second kappa shape index (κ2) is 19.6. The second-order valence-corrected chi connectivity index (χ2v) is 16.6. The zero-order valence-corrected chi connectivity index (χ0v) is 34.0. The van der Waals surface area contributed by atoms with Gasteiger partial charge >= 0.3 is 0 Å². The fourth-order valence-electron chi connectivity index (χ4n) is 7.16. The Morgan fingerprint density at radius 2 is 1.71 bits per heavy atom. The number of rotatable bonds is 18. The summed E-state index contributed by atoms with van der Waals surface area (Å²) in [6.07, 6.45) is 3.52. The second-order valence-electron chi connectivity index (χ2n) is 15.7. The number of hydrogen-bond acceptors (Lipinski definition) is 8. The summed E-state index contributed by atoms with van der Waals surface area (Å²) in [5, 5.41) is 8.94. The summed E-state index contributed by atoms with van der Waals surface area (Å²) in [5.74, 6) is -1.37. The largest absolute Gasteiger partial charge is 0.379 e. The molecule has 52 heavy (non-hydrogen) atoms. The van der Waals surface area contributed by atoms with E-state index in [1.54, 1.807) is 32.4 Å². The highest BCUT2D eigenvalue weighted by molar-refractivity contribution is 7.09. The van der Waals surface area contributed by atoms with E-state index in [4.69, 9.17) is 9.47 Å². The molecule has 290 valence electrons. The van der Waals surface area contributed by atoms with E-state index in [2.05, 4.69) is 29.5 Å². The molecule has 0 bridgehead atoms. The van der Waals surface area contributed by atoms with Gasteiger partial charge in [-0.25, -0.2) is 4.98 Å². The average molecular weight is 742 g/mol. The van der Waals surface area contributed by atoms with Crippen molar-refractivity contribution in [3.63, 3.8) is 0 Å². The Labute approximate surface area is 315 Å². The Morgan fingerprint density at radius 3 is 2.25 bits per heavy atom. The van der Waals surface area contributed by atoms with E-state index < -0.39 is 35.6 Å². The van der Waals surface area contributed by atoms with Crippen molar-refractivity contribution in [1.82, 2.24) is 25.4 Å². The van der Waals surface area contributed by atoms with Gasteiger partial charge in [-0.2, -0.15) is 0 Å². The molecule has 2 N–H and O–H groups in total. The molecule has 1 aliphatic rings. The number of carbonyl (C=O) groups is 4. The number of hydrogen-bond donors (Lipinski definition) is 2. The summed E-state index contributed by atoms with van der Waals surface area (Å²) in [7, 11) is 4.91. The number of nitrogens with zero attached hydrogens (tertiary/aromatic N) is 3. The van der Waals surface area contributed by atoms with Gasteiger partial charge < -0.3 is 29.9 Å². The van der Waals surface area contributed by atoms with Crippen molar-refractivity contribution < 1.29 is 28.7 Å². The van der Waals surface area contributed by atoms with Gasteiger partial charge in [-0.1, -0.05) is 92.1 Å². The molecule has 0 saturated carbocycles. The molecule has 3 rings (SSSR count). The van der Waals surface area contributed by atoms with Gasteiger partial charge in [0, 0.05) is 44.8 Å². The van der Waals surface area contributed by atoms with Crippen molar-refractivity contribution in [3.8, 4) is 0 Å². The third-order valence-corrected chi connectivity index (χ3v) is 11.4. The lowest BCUT2D eigenvalue weighted by molar-refractivity contribution is -0.148. The van der Waals surface area contributed by atoms with Crippen LogP contribution in [0.3, 0.4) is 0 Å². The molecule has 1 aromatic heterocycles. The predicted molar refractivity (Wildman–Crippen MR) is 205 cm³/mol. The van der Waals surface area contributed by atoms with Crippen molar-refractivity contribution in [2.24, 2.45) is 23.2 Å². The van der Waals surface area contributed by atoms with Crippen LogP contribution in [0.15, 0.2) is 41.9 Å². The van der Waals surface area contributed by atoms with Crippen molar-refractivity contribution in [3.05, 3.63) is 52.5 Å². The number of likely N-dealkylation sites (N-methyl/N-ethyl adjacent to an activating group) is 1. The molecule has 1 aromatic carbocycles. The van der Waals surface area contributed by atoms with E-state index in [0.717, 1.165) is 23.4 Å². The summed E-state index contributed by atoms with van der Waals surface area (Å²) in [5.41, 5.74) is 0.441.